The van der Waals surface area contributed by atoms with Crippen LogP contribution in [0.4, 0.5) is 14.5 Å². The van der Waals surface area contributed by atoms with Gasteiger partial charge in [0, 0.05) is 12.2 Å². The second-order valence-electron chi connectivity index (χ2n) is 6.00. The SMILES string of the molecule is O=C(NCCc1ccc(F)cc1)c1cccc(C(=O)Nc2cccc(F)c2)n1. The Bertz CT molecular complexity index is 991. The number of amides is 2. The third-order valence-electron chi connectivity index (χ3n) is 3.91. The molecule has 0 saturated carbocycles. The van der Waals surface area contributed by atoms with E-state index in [-0.39, 0.29) is 17.2 Å². The summed E-state index contributed by atoms with van der Waals surface area (Å²) in [5.41, 5.74) is 1.31. The lowest BCUT2D eigenvalue weighted by molar-refractivity contribution is 0.0949. The summed E-state index contributed by atoms with van der Waals surface area (Å²) in [5, 5.41) is 5.24. The summed E-state index contributed by atoms with van der Waals surface area (Å²) in [6.07, 6.45) is 0.534. The van der Waals surface area contributed by atoms with Gasteiger partial charge >= 0.3 is 0 Å². The average Bonchev–Trinajstić information content (AvgIpc) is 2.69. The lowest BCUT2D eigenvalue weighted by Crippen LogP contribution is -2.27. The van der Waals surface area contributed by atoms with Crippen molar-refractivity contribution in [3.8, 4) is 0 Å². The van der Waals surface area contributed by atoms with Gasteiger partial charge in [0.05, 0.1) is 0 Å². The lowest BCUT2D eigenvalue weighted by atomic mass is 10.1. The third-order valence-corrected chi connectivity index (χ3v) is 3.91. The average molecular weight is 381 g/mol. The van der Waals surface area contributed by atoms with Crippen molar-refractivity contribution in [2.24, 2.45) is 0 Å². The van der Waals surface area contributed by atoms with Crippen LogP contribution in [0.1, 0.15) is 26.5 Å². The van der Waals surface area contributed by atoms with Gasteiger partial charge < -0.3 is 10.6 Å². The summed E-state index contributed by atoms with van der Waals surface area (Å²) >= 11 is 0. The smallest absolute Gasteiger partial charge is 0.274 e. The molecule has 0 bridgehead atoms. The largest absolute Gasteiger partial charge is 0.350 e. The van der Waals surface area contributed by atoms with Crippen LogP contribution in [-0.4, -0.2) is 23.3 Å². The Kier molecular flexibility index (Phi) is 6.06. The molecular weight excluding hydrogens is 364 g/mol. The Morgan fingerprint density at radius 1 is 0.821 bits per heavy atom. The Hall–Kier alpha value is -3.61. The van der Waals surface area contributed by atoms with Gasteiger partial charge in [-0.3, -0.25) is 9.59 Å². The number of aromatic nitrogens is 1. The van der Waals surface area contributed by atoms with E-state index in [0.717, 1.165) is 5.56 Å². The zero-order valence-corrected chi connectivity index (χ0v) is 14.8. The summed E-state index contributed by atoms with van der Waals surface area (Å²) in [6.45, 7) is 0.339. The van der Waals surface area contributed by atoms with Gasteiger partial charge in [0.15, 0.2) is 0 Å². The predicted molar refractivity (Wildman–Crippen MR) is 101 cm³/mol. The van der Waals surface area contributed by atoms with Crippen molar-refractivity contribution in [3.05, 3.63) is 95.3 Å². The van der Waals surface area contributed by atoms with Crippen molar-refractivity contribution in [3.63, 3.8) is 0 Å². The van der Waals surface area contributed by atoms with Gasteiger partial charge in [-0.05, 0) is 54.4 Å². The van der Waals surface area contributed by atoms with E-state index >= 15 is 0 Å². The number of pyridine rings is 1. The molecule has 1 aromatic heterocycles. The summed E-state index contributed by atoms with van der Waals surface area (Å²) in [7, 11) is 0. The van der Waals surface area contributed by atoms with E-state index in [1.807, 2.05) is 0 Å². The quantitative estimate of drug-likeness (QED) is 0.686. The first-order chi connectivity index (χ1) is 13.5. The standard InChI is InChI=1S/C21H17F2N3O2/c22-15-9-7-14(8-10-15)11-12-24-20(27)18-5-2-6-19(26-18)21(28)25-17-4-1-3-16(23)13-17/h1-10,13H,11-12H2,(H,24,27)(H,25,28). The van der Waals surface area contributed by atoms with Crippen molar-refractivity contribution in [2.75, 3.05) is 11.9 Å². The first kappa shape index (κ1) is 19.2. The van der Waals surface area contributed by atoms with Gasteiger partial charge in [0.25, 0.3) is 11.8 Å². The van der Waals surface area contributed by atoms with E-state index in [4.69, 9.17) is 0 Å². The van der Waals surface area contributed by atoms with Crippen LogP contribution in [0.3, 0.4) is 0 Å². The van der Waals surface area contributed by atoms with Crippen molar-refractivity contribution >= 4 is 17.5 Å². The molecule has 142 valence electrons. The minimum Gasteiger partial charge on any atom is -0.350 e. The molecule has 28 heavy (non-hydrogen) atoms. The number of carbonyl (C=O) groups is 2. The van der Waals surface area contributed by atoms with Gasteiger partial charge in [-0.2, -0.15) is 0 Å². The molecule has 0 aliphatic heterocycles. The third kappa shape index (κ3) is 5.20. The van der Waals surface area contributed by atoms with Gasteiger partial charge in [-0.25, -0.2) is 13.8 Å². The molecule has 2 N–H and O–H groups in total. The molecule has 0 spiro atoms. The minimum atomic E-state index is -0.549. The Balaban J connectivity index is 1.59. The second-order valence-corrected chi connectivity index (χ2v) is 6.00. The number of rotatable bonds is 6. The van der Waals surface area contributed by atoms with Crippen molar-refractivity contribution in [2.45, 2.75) is 6.42 Å². The molecule has 2 amide bonds. The van der Waals surface area contributed by atoms with Crippen LogP contribution in [0.2, 0.25) is 0 Å². The fraction of sp³-hybridized carbons (Fsp3) is 0.0952. The summed E-state index contributed by atoms with van der Waals surface area (Å²) < 4.78 is 26.1. The highest BCUT2D eigenvalue weighted by atomic mass is 19.1. The molecule has 3 rings (SSSR count). The van der Waals surface area contributed by atoms with Crippen LogP contribution >= 0.6 is 0 Å². The van der Waals surface area contributed by atoms with Gasteiger partial charge in [-0.1, -0.05) is 24.3 Å². The first-order valence-electron chi connectivity index (χ1n) is 8.58. The van der Waals surface area contributed by atoms with E-state index < -0.39 is 17.6 Å². The zero-order chi connectivity index (χ0) is 19.9. The van der Waals surface area contributed by atoms with Crippen molar-refractivity contribution in [1.82, 2.24) is 10.3 Å². The molecular formula is C21H17F2N3O2. The first-order valence-corrected chi connectivity index (χ1v) is 8.58. The van der Waals surface area contributed by atoms with Crippen LogP contribution in [0.25, 0.3) is 0 Å². The molecule has 0 aliphatic rings. The van der Waals surface area contributed by atoms with Gasteiger partial charge in [-0.15, -0.1) is 0 Å². The van der Waals surface area contributed by atoms with Gasteiger partial charge in [0.2, 0.25) is 0 Å². The molecule has 1 heterocycles. The fourth-order valence-corrected chi connectivity index (χ4v) is 2.51. The highest BCUT2D eigenvalue weighted by Gasteiger charge is 2.12. The molecule has 0 atom stereocenters. The maximum atomic E-state index is 13.2. The molecule has 0 fully saturated rings. The molecule has 3 aromatic rings. The highest BCUT2D eigenvalue weighted by Crippen LogP contribution is 2.11. The van der Waals surface area contributed by atoms with Crippen LogP contribution in [0.5, 0.6) is 0 Å². The fourth-order valence-electron chi connectivity index (χ4n) is 2.51. The number of hydrogen-bond acceptors (Lipinski definition) is 3. The number of hydrogen-bond donors (Lipinski definition) is 2. The topological polar surface area (TPSA) is 71.1 Å². The molecule has 0 radical (unpaired) electrons. The molecule has 0 unspecified atom stereocenters. The molecule has 0 saturated heterocycles. The maximum Gasteiger partial charge on any atom is 0.274 e. The second kappa shape index (κ2) is 8.85. The number of benzene rings is 2. The number of nitrogens with zero attached hydrogens (tertiary/aromatic N) is 1. The van der Waals surface area contributed by atoms with E-state index in [1.54, 1.807) is 24.3 Å². The minimum absolute atomic E-state index is 0.0374. The monoisotopic (exact) mass is 381 g/mol. The predicted octanol–water partition coefficient (Wildman–Crippen LogP) is 3.58. The van der Waals surface area contributed by atoms with Crippen LogP contribution in [0, 0.1) is 11.6 Å². The number of carbonyl (C=O) groups excluding carboxylic acids is 2. The normalized spacial score (nSPS) is 10.4. The molecule has 0 aliphatic carbocycles. The highest BCUT2D eigenvalue weighted by molar-refractivity contribution is 6.03. The summed E-state index contributed by atoms with van der Waals surface area (Å²) in [4.78, 5) is 28.6. The van der Waals surface area contributed by atoms with E-state index in [0.29, 0.717) is 18.7 Å². The number of anilines is 1. The summed E-state index contributed by atoms with van der Waals surface area (Å²) in [5.74, 6) is -1.76. The van der Waals surface area contributed by atoms with Crippen LogP contribution in [0.15, 0.2) is 66.7 Å². The lowest BCUT2D eigenvalue weighted by Gasteiger charge is -2.08. The Morgan fingerprint density at radius 3 is 2.21 bits per heavy atom. The number of nitrogens with one attached hydrogen (secondary N) is 2. The molecule has 2 aromatic carbocycles. The maximum absolute atomic E-state index is 13.2. The van der Waals surface area contributed by atoms with Crippen molar-refractivity contribution in [1.29, 1.82) is 0 Å². The molecule has 7 heteroatoms. The van der Waals surface area contributed by atoms with E-state index in [1.165, 1.54) is 42.5 Å². The van der Waals surface area contributed by atoms with E-state index in [9.17, 15) is 18.4 Å². The Morgan fingerprint density at radius 2 is 1.50 bits per heavy atom. The van der Waals surface area contributed by atoms with E-state index in [2.05, 4.69) is 15.6 Å². The molecule has 5 nitrogen and oxygen atoms in total. The van der Waals surface area contributed by atoms with Gasteiger partial charge in [0.1, 0.15) is 23.0 Å². The zero-order valence-electron chi connectivity index (χ0n) is 14.8. The van der Waals surface area contributed by atoms with Crippen molar-refractivity contribution < 1.29 is 18.4 Å². The number of halogens is 2. The Labute approximate surface area is 160 Å². The van der Waals surface area contributed by atoms with Crippen LogP contribution < -0.4 is 10.6 Å². The van der Waals surface area contributed by atoms with Crippen LogP contribution in [-0.2, 0) is 6.42 Å². The summed E-state index contributed by atoms with van der Waals surface area (Å²) in [6, 6.07) is 16.0.